The van der Waals surface area contributed by atoms with Crippen molar-refractivity contribution in [2.75, 3.05) is 6.61 Å². The van der Waals surface area contributed by atoms with Crippen LogP contribution in [0.5, 0.6) is 0 Å². The molecule has 1 aliphatic heterocycles. The zero-order chi connectivity index (χ0) is 14.4. The Morgan fingerprint density at radius 1 is 1.50 bits per heavy atom. The molecular formula is C14H27N5O. The molecule has 0 aromatic carbocycles. The van der Waals surface area contributed by atoms with Crippen LogP contribution in [0.4, 0.5) is 0 Å². The Kier molecular flexibility index (Phi) is 5.94. The van der Waals surface area contributed by atoms with Gasteiger partial charge in [-0.3, -0.25) is 11.3 Å². The van der Waals surface area contributed by atoms with Crippen LogP contribution in [0.2, 0.25) is 0 Å². The van der Waals surface area contributed by atoms with Gasteiger partial charge in [0.2, 0.25) is 0 Å². The van der Waals surface area contributed by atoms with Gasteiger partial charge in [0.15, 0.2) is 0 Å². The predicted octanol–water partition coefficient (Wildman–Crippen LogP) is 1.27. The topological polar surface area (TPSA) is 78.0 Å². The third kappa shape index (κ3) is 4.54. The third-order valence-electron chi connectivity index (χ3n) is 3.72. The molecule has 1 fully saturated rings. The Hall–Kier alpha value is -0.980. The van der Waals surface area contributed by atoms with Crippen LogP contribution in [0.25, 0.3) is 0 Å². The molecule has 114 valence electrons. The zero-order valence-corrected chi connectivity index (χ0v) is 12.6. The van der Waals surface area contributed by atoms with E-state index in [2.05, 4.69) is 29.4 Å². The molecule has 6 nitrogen and oxygen atoms in total. The van der Waals surface area contributed by atoms with E-state index in [1.54, 1.807) is 6.33 Å². The van der Waals surface area contributed by atoms with Crippen molar-refractivity contribution in [1.82, 2.24) is 20.2 Å². The summed E-state index contributed by atoms with van der Waals surface area (Å²) in [6.07, 6.45) is 7.25. The summed E-state index contributed by atoms with van der Waals surface area (Å²) in [6.45, 7) is 6.14. The second-order valence-electron chi connectivity index (χ2n) is 6.04. The van der Waals surface area contributed by atoms with Crippen molar-refractivity contribution in [2.24, 2.45) is 11.8 Å². The normalized spacial score (nSPS) is 21.3. The third-order valence-corrected chi connectivity index (χ3v) is 3.72. The van der Waals surface area contributed by atoms with Crippen molar-refractivity contribution in [3.05, 3.63) is 12.2 Å². The van der Waals surface area contributed by atoms with Gasteiger partial charge in [0.1, 0.15) is 12.2 Å². The van der Waals surface area contributed by atoms with Crippen molar-refractivity contribution in [3.8, 4) is 0 Å². The molecule has 2 atom stereocenters. The maximum atomic E-state index is 5.79. The van der Waals surface area contributed by atoms with E-state index in [0.29, 0.717) is 12.0 Å². The fraction of sp³-hybridized carbons (Fsp3) is 0.857. The Bertz CT molecular complexity index is 387. The maximum absolute atomic E-state index is 5.79. The molecule has 1 aliphatic rings. The summed E-state index contributed by atoms with van der Waals surface area (Å²) in [5.41, 5.74) is 2.91. The van der Waals surface area contributed by atoms with Gasteiger partial charge in [-0.15, -0.1) is 0 Å². The minimum Gasteiger partial charge on any atom is -0.378 e. The Balaban J connectivity index is 1.90. The van der Waals surface area contributed by atoms with E-state index in [1.165, 1.54) is 12.8 Å². The Morgan fingerprint density at radius 3 is 3.00 bits per heavy atom. The van der Waals surface area contributed by atoms with Gasteiger partial charge in [-0.25, -0.2) is 9.67 Å². The van der Waals surface area contributed by atoms with Crippen LogP contribution in [0, 0.1) is 5.92 Å². The summed E-state index contributed by atoms with van der Waals surface area (Å²) >= 11 is 0. The first-order valence-electron chi connectivity index (χ1n) is 7.63. The van der Waals surface area contributed by atoms with E-state index < -0.39 is 0 Å². The van der Waals surface area contributed by atoms with Crippen LogP contribution in [0.1, 0.15) is 45.4 Å². The summed E-state index contributed by atoms with van der Waals surface area (Å²) < 4.78 is 7.77. The molecule has 1 aromatic heterocycles. The Labute approximate surface area is 121 Å². The van der Waals surface area contributed by atoms with Crippen molar-refractivity contribution < 1.29 is 4.74 Å². The van der Waals surface area contributed by atoms with Crippen LogP contribution in [-0.4, -0.2) is 33.5 Å². The fourth-order valence-corrected chi connectivity index (χ4v) is 2.69. The van der Waals surface area contributed by atoms with Crippen molar-refractivity contribution in [3.63, 3.8) is 0 Å². The molecule has 1 saturated heterocycles. The first kappa shape index (κ1) is 15.4. The van der Waals surface area contributed by atoms with E-state index in [-0.39, 0.29) is 6.04 Å². The second-order valence-corrected chi connectivity index (χ2v) is 6.04. The summed E-state index contributed by atoms with van der Waals surface area (Å²) in [6, 6.07) is 0.188. The number of hydrogen-bond acceptors (Lipinski definition) is 5. The van der Waals surface area contributed by atoms with Gasteiger partial charge in [-0.1, -0.05) is 13.8 Å². The summed E-state index contributed by atoms with van der Waals surface area (Å²) in [5, 5.41) is 4.30. The molecule has 0 aliphatic carbocycles. The number of nitrogens with two attached hydrogens (primary N) is 1. The molecule has 20 heavy (non-hydrogen) atoms. The lowest BCUT2D eigenvalue weighted by Crippen LogP contribution is -2.41. The van der Waals surface area contributed by atoms with Gasteiger partial charge in [-0.05, 0) is 31.6 Å². The van der Waals surface area contributed by atoms with Crippen LogP contribution in [-0.2, 0) is 17.7 Å². The van der Waals surface area contributed by atoms with Gasteiger partial charge in [0.05, 0.1) is 6.10 Å². The predicted molar refractivity (Wildman–Crippen MR) is 77.9 cm³/mol. The van der Waals surface area contributed by atoms with Gasteiger partial charge < -0.3 is 4.74 Å². The molecule has 2 unspecified atom stereocenters. The molecule has 2 rings (SSSR count). The second kappa shape index (κ2) is 7.71. The van der Waals surface area contributed by atoms with Gasteiger partial charge >= 0.3 is 0 Å². The quantitative estimate of drug-likeness (QED) is 0.581. The van der Waals surface area contributed by atoms with E-state index in [0.717, 1.165) is 38.2 Å². The van der Waals surface area contributed by atoms with Crippen molar-refractivity contribution >= 4 is 0 Å². The van der Waals surface area contributed by atoms with Crippen molar-refractivity contribution in [2.45, 2.75) is 64.6 Å². The standard InChI is InChI=1S/C14H27N5O/c1-11(2)9-19-14(16-10-17-19)8-12(18-15)7-13-5-3-4-6-20-13/h10-13,18H,3-9,15H2,1-2H3. The highest BCUT2D eigenvalue weighted by atomic mass is 16.5. The van der Waals surface area contributed by atoms with E-state index in [4.69, 9.17) is 10.6 Å². The molecule has 6 heteroatoms. The number of nitrogens with one attached hydrogen (secondary N) is 1. The summed E-state index contributed by atoms with van der Waals surface area (Å²) in [4.78, 5) is 4.37. The number of ether oxygens (including phenoxy) is 1. The summed E-state index contributed by atoms with van der Waals surface area (Å²) in [5.74, 6) is 7.25. The zero-order valence-electron chi connectivity index (χ0n) is 12.6. The minimum atomic E-state index is 0.188. The lowest BCUT2D eigenvalue weighted by Gasteiger charge is -2.26. The first-order chi connectivity index (χ1) is 9.69. The lowest BCUT2D eigenvalue weighted by atomic mass is 10.00. The molecular weight excluding hydrogens is 254 g/mol. The lowest BCUT2D eigenvalue weighted by molar-refractivity contribution is 0.00506. The average molecular weight is 281 g/mol. The van der Waals surface area contributed by atoms with Crippen LogP contribution < -0.4 is 11.3 Å². The summed E-state index contributed by atoms with van der Waals surface area (Å²) in [7, 11) is 0. The number of hydrazine groups is 1. The van der Waals surface area contributed by atoms with Crippen LogP contribution in [0.3, 0.4) is 0 Å². The molecule has 0 radical (unpaired) electrons. The SMILES string of the molecule is CC(C)Cn1ncnc1CC(CC1CCCCO1)NN. The number of nitrogens with zero attached hydrogens (tertiary/aromatic N) is 3. The highest BCUT2D eigenvalue weighted by Crippen LogP contribution is 2.18. The van der Waals surface area contributed by atoms with Crippen molar-refractivity contribution in [1.29, 1.82) is 0 Å². The molecule has 0 saturated carbocycles. The first-order valence-corrected chi connectivity index (χ1v) is 7.63. The largest absolute Gasteiger partial charge is 0.378 e. The molecule has 2 heterocycles. The molecule has 3 N–H and O–H groups in total. The number of hydrogen-bond donors (Lipinski definition) is 2. The van der Waals surface area contributed by atoms with E-state index >= 15 is 0 Å². The molecule has 0 spiro atoms. The van der Waals surface area contributed by atoms with Gasteiger partial charge in [-0.2, -0.15) is 5.10 Å². The molecule has 0 bridgehead atoms. The minimum absolute atomic E-state index is 0.188. The number of aromatic nitrogens is 3. The van der Waals surface area contributed by atoms with Gasteiger partial charge in [0.25, 0.3) is 0 Å². The monoisotopic (exact) mass is 281 g/mol. The highest BCUT2D eigenvalue weighted by molar-refractivity contribution is 4.90. The Morgan fingerprint density at radius 2 is 2.35 bits per heavy atom. The number of rotatable bonds is 7. The van der Waals surface area contributed by atoms with Gasteiger partial charge in [0, 0.05) is 25.6 Å². The van der Waals surface area contributed by atoms with Crippen LogP contribution >= 0.6 is 0 Å². The maximum Gasteiger partial charge on any atom is 0.138 e. The highest BCUT2D eigenvalue weighted by Gasteiger charge is 2.21. The smallest absolute Gasteiger partial charge is 0.138 e. The average Bonchev–Trinajstić information content (AvgIpc) is 2.85. The molecule has 0 amide bonds. The van der Waals surface area contributed by atoms with E-state index in [1.807, 2.05) is 4.68 Å². The fourth-order valence-electron chi connectivity index (χ4n) is 2.69. The molecule has 1 aromatic rings. The van der Waals surface area contributed by atoms with E-state index in [9.17, 15) is 0 Å². The van der Waals surface area contributed by atoms with Crippen LogP contribution in [0.15, 0.2) is 6.33 Å².